The van der Waals surface area contributed by atoms with E-state index in [0.717, 1.165) is 18.0 Å². The van der Waals surface area contributed by atoms with Gasteiger partial charge in [-0.1, -0.05) is 0 Å². The van der Waals surface area contributed by atoms with Crippen molar-refractivity contribution in [2.24, 2.45) is 0 Å². The van der Waals surface area contributed by atoms with Crippen molar-refractivity contribution in [3.8, 4) is 11.8 Å². The van der Waals surface area contributed by atoms with E-state index in [-0.39, 0.29) is 6.61 Å². The summed E-state index contributed by atoms with van der Waals surface area (Å²) in [5.74, 6) is 1.96. The zero-order chi connectivity index (χ0) is 12.3. The smallest absolute Gasteiger partial charge is 0.174 e. The molecule has 0 radical (unpaired) electrons. The van der Waals surface area contributed by atoms with Crippen LogP contribution in [0, 0.1) is 11.3 Å². The van der Waals surface area contributed by atoms with Crippen LogP contribution >= 0.6 is 11.8 Å². The van der Waals surface area contributed by atoms with E-state index in [0.29, 0.717) is 0 Å². The molecule has 0 aliphatic heterocycles. The van der Waals surface area contributed by atoms with Gasteiger partial charge in [-0.2, -0.15) is 17.0 Å². The van der Waals surface area contributed by atoms with Crippen LogP contribution in [0.4, 0.5) is 5.69 Å². The van der Waals surface area contributed by atoms with E-state index in [4.69, 9.17) is 10.00 Å². The second kappa shape index (κ2) is 8.77. The highest BCUT2D eigenvalue weighted by molar-refractivity contribution is 7.98. The average molecular weight is 250 g/mol. The fourth-order valence-electron chi connectivity index (χ4n) is 1.39. The van der Waals surface area contributed by atoms with Gasteiger partial charge in [0.1, 0.15) is 11.8 Å². The molecule has 1 rings (SSSR count). The highest BCUT2D eigenvalue weighted by Crippen LogP contribution is 2.15. The van der Waals surface area contributed by atoms with Gasteiger partial charge in [0.25, 0.3) is 0 Å². The maximum Gasteiger partial charge on any atom is 0.174 e. The first kappa shape index (κ1) is 13.7. The van der Waals surface area contributed by atoms with Crippen LogP contribution in [0.2, 0.25) is 0 Å². The van der Waals surface area contributed by atoms with Gasteiger partial charge in [0.05, 0.1) is 0 Å². The molecule has 0 amide bonds. The average Bonchev–Trinajstić information content (AvgIpc) is 2.37. The number of thioether (sulfide) groups is 1. The van der Waals surface area contributed by atoms with Crippen LogP contribution in [-0.2, 0) is 0 Å². The molecule has 0 saturated carbocycles. The number of rotatable bonds is 8. The zero-order valence-electron chi connectivity index (χ0n) is 10.1. The van der Waals surface area contributed by atoms with Crippen LogP contribution in [-0.4, -0.2) is 25.2 Å². The van der Waals surface area contributed by atoms with Crippen molar-refractivity contribution in [3.63, 3.8) is 0 Å². The molecule has 0 heterocycles. The monoisotopic (exact) mass is 250 g/mol. The van der Waals surface area contributed by atoms with Crippen molar-refractivity contribution in [2.45, 2.75) is 12.8 Å². The highest BCUT2D eigenvalue weighted by atomic mass is 32.2. The van der Waals surface area contributed by atoms with E-state index < -0.39 is 0 Å². The van der Waals surface area contributed by atoms with E-state index in [1.807, 2.05) is 42.1 Å². The Labute approximate surface area is 107 Å². The van der Waals surface area contributed by atoms with Crippen LogP contribution < -0.4 is 10.1 Å². The van der Waals surface area contributed by atoms with Crippen LogP contribution in [0.25, 0.3) is 0 Å². The van der Waals surface area contributed by atoms with Crippen molar-refractivity contribution in [1.82, 2.24) is 0 Å². The molecule has 0 saturated heterocycles. The van der Waals surface area contributed by atoms with Gasteiger partial charge in [-0.05, 0) is 49.1 Å². The summed E-state index contributed by atoms with van der Waals surface area (Å²) in [5.41, 5.74) is 1.10. The number of nitrogens with one attached hydrogen (secondary N) is 1. The number of unbranched alkanes of at least 4 members (excludes halogenated alkanes) is 1. The third-order valence-corrected chi connectivity index (χ3v) is 2.96. The minimum atomic E-state index is 0.0987. The predicted octanol–water partition coefficient (Wildman–Crippen LogP) is 3.14. The molecule has 92 valence electrons. The molecule has 1 N–H and O–H groups in total. The summed E-state index contributed by atoms with van der Waals surface area (Å²) in [6, 6.07) is 9.64. The fraction of sp³-hybridized carbons (Fsp3) is 0.462. The Morgan fingerprint density at radius 1 is 1.29 bits per heavy atom. The minimum absolute atomic E-state index is 0.0987. The Balaban J connectivity index is 2.23. The first-order valence-corrected chi connectivity index (χ1v) is 7.09. The van der Waals surface area contributed by atoms with Crippen LogP contribution in [0.15, 0.2) is 24.3 Å². The zero-order valence-corrected chi connectivity index (χ0v) is 10.9. The Morgan fingerprint density at radius 2 is 2.06 bits per heavy atom. The number of nitrogens with zero attached hydrogens (tertiary/aromatic N) is 1. The summed E-state index contributed by atoms with van der Waals surface area (Å²) >= 11 is 1.89. The minimum Gasteiger partial charge on any atom is -0.479 e. The standard InChI is InChI=1S/C13H18N2OS/c1-17-11-3-2-9-15-12-4-6-13(7-5-12)16-10-8-14/h4-7,15H,2-3,9-11H2,1H3. The van der Waals surface area contributed by atoms with Crippen LogP contribution in [0.3, 0.4) is 0 Å². The number of benzene rings is 1. The lowest BCUT2D eigenvalue weighted by Gasteiger charge is -2.07. The first-order valence-electron chi connectivity index (χ1n) is 5.69. The lowest BCUT2D eigenvalue weighted by molar-refractivity contribution is 0.368. The number of ether oxygens (including phenoxy) is 1. The fourth-order valence-corrected chi connectivity index (χ4v) is 1.88. The summed E-state index contributed by atoms with van der Waals surface area (Å²) in [4.78, 5) is 0. The van der Waals surface area contributed by atoms with Crippen molar-refractivity contribution in [3.05, 3.63) is 24.3 Å². The molecule has 1 aromatic rings. The molecule has 0 atom stereocenters. The molecule has 17 heavy (non-hydrogen) atoms. The van der Waals surface area contributed by atoms with Gasteiger partial charge in [0.15, 0.2) is 6.61 Å². The summed E-state index contributed by atoms with van der Waals surface area (Å²) in [6.45, 7) is 1.10. The number of anilines is 1. The van der Waals surface area contributed by atoms with E-state index in [2.05, 4.69) is 11.6 Å². The maximum absolute atomic E-state index is 8.38. The summed E-state index contributed by atoms with van der Waals surface area (Å²) < 4.78 is 5.18. The topological polar surface area (TPSA) is 45.0 Å². The first-order chi connectivity index (χ1) is 8.36. The van der Waals surface area contributed by atoms with Crippen molar-refractivity contribution in [1.29, 1.82) is 5.26 Å². The molecule has 1 aromatic carbocycles. The molecule has 0 bridgehead atoms. The molecule has 3 nitrogen and oxygen atoms in total. The molecule has 4 heteroatoms. The van der Waals surface area contributed by atoms with Gasteiger partial charge in [0, 0.05) is 12.2 Å². The van der Waals surface area contributed by atoms with E-state index in [9.17, 15) is 0 Å². The molecule has 0 unspecified atom stereocenters. The second-order valence-corrected chi connectivity index (χ2v) is 4.58. The molecule has 0 aliphatic carbocycles. The predicted molar refractivity (Wildman–Crippen MR) is 73.7 cm³/mol. The Bertz CT molecular complexity index is 345. The Kier molecular flexibility index (Phi) is 7.08. The van der Waals surface area contributed by atoms with Crippen molar-refractivity contribution < 1.29 is 4.74 Å². The molecular formula is C13H18N2OS. The number of hydrogen-bond donors (Lipinski definition) is 1. The summed E-state index contributed by atoms with van der Waals surface area (Å²) in [7, 11) is 0. The number of hydrogen-bond acceptors (Lipinski definition) is 4. The van der Waals surface area contributed by atoms with E-state index in [1.54, 1.807) is 0 Å². The van der Waals surface area contributed by atoms with Gasteiger partial charge in [-0.3, -0.25) is 0 Å². The number of nitriles is 1. The quantitative estimate of drug-likeness (QED) is 0.720. The Hall–Kier alpha value is -1.34. The maximum atomic E-state index is 8.38. The van der Waals surface area contributed by atoms with E-state index >= 15 is 0 Å². The molecule has 0 spiro atoms. The van der Waals surface area contributed by atoms with E-state index in [1.165, 1.54) is 18.6 Å². The van der Waals surface area contributed by atoms with Gasteiger partial charge in [-0.25, -0.2) is 0 Å². The normalized spacial score (nSPS) is 9.65. The molecule has 0 aliphatic rings. The summed E-state index contributed by atoms with van der Waals surface area (Å²) in [5, 5.41) is 11.7. The third kappa shape index (κ3) is 6.08. The van der Waals surface area contributed by atoms with Gasteiger partial charge in [-0.15, -0.1) is 0 Å². The van der Waals surface area contributed by atoms with Gasteiger partial charge >= 0.3 is 0 Å². The highest BCUT2D eigenvalue weighted by Gasteiger charge is 1.94. The van der Waals surface area contributed by atoms with Gasteiger partial charge < -0.3 is 10.1 Å². The largest absolute Gasteiger partial charge is 0.479 e. The third-order valence-electron chi connectivity index (χ3n) is 2.26. The molecule has 0 fully saturated rings. The Morgan fingerprint density at radius 3 is 2.71 bits per heavy atom. The lowest BCUT2D eigenvalue weighted by Crippen LogP contribution is -2.01. The van der Waals surface area contributed by atoms with Crippen molar-refractivity contribution >= 4 is 17.4 Å². The van der Waals surface area contributed by atoms with Crippen molar-refractivity contribution in [2.75, 3.05) is 30.5 Å². The second-order valence-electron chi connectivity index (χ2n) is 3.60. The molecule has 0 aromatic heterocycles. The van der Waals surface area contributed by atoms with Gasteiger partial charge in [0.2, 0.25) is 0 Å². The SMILES string of the molecule is CSCCCCNc1ccc(OCC#N)cc1. The summed E-state index contributed by atoms with van der Waals surface area (Å²) in [6.07, 6.45) is 4.57. The van der Waals surface area contributed by atoms with Crippen LogP contribution in [0.5, 0.6) is 5.75 Å². The molecular weight excluding hydrogens is 232 g/mol. The van der Waals surface area contributed by atoms with Crippen LogP contribution in [0.1, 0.15) is 12.8 Å². The lowest BCUT2D eigenvalue weighted by atomic mass is 10.3.